The maximum absolute atomic E-state index is 12.7. The van der Waals surface area contributed by atoms with E-state index in [4.69, 9.17) is 9.47 Å². The van der Waals surface area contributed by atoms with Crippen LogP contribution in [-0.4, -0.2) is 25.1 Å². The molecule has 0 radical (unpaired) electrons. The highest BCUT2D eigenvalue weighted by atomic mass is 16.5. The van der Waals surface area contributed by atoms with E-state index in [2.05, 4.69) is 0 Å². The van der Waals surface area contributed by atoms with E-state index < -0.39 is 0 Å². The summed E-state index contributed by atoms with van der Waals surface area (Å²) in [4.78, 5) is 12.7. The Bertz CT molecular complexity index is 706. The van der Waals surface area contributed by atoms with Crippen molar-refractivity contribution in [3.63, 3.8) is 0 Å². The van der Waals surface area contributed by atoms with Gasteiger partial charge in [-0.05, 0) is 17.5 Å². The molecule has 0 aromatic heterocycles. The van der Waals surface area contributed by atoms with Crippen molar-refractivity contribution in [2.24, 2.45) is 0 Å². The molecule has 0 bridgehead atoms. The first kappa shape index (κ1) is 13.5. The lowest BCUT2D eigenvalue weighted by Gasteiger charge is -2.29. The molecular formula is C17H16O4. The first-order valence-electron chi connectivity index (χ1n) is 6.72. The number of ether oxygens (including phenoxy) is 2. The number of aromatic hydroxyl groups is 1. The molecule has 0 saturated carbocycles. The zero-order valence-electron chi connectivity index (χ0n) is 11.9. The summed E-state index contributed by atoms with van der Waals surface area (Å²) >= 11 is 0. The van der Waals surface area contributed by atoms with E-state index in [0.29, 0.717) is 17.9 Å². The average molecular weight is 284 g/mol. The van der Waals surface area contributed by atoms with Gasteiger partial charge in [-0.15, -0.1) is 0 Å². The molecule has 4 nitrogen and oxygen atoms in total. The Balaban J connectivity index is 2.00. The Morgan fingerprint density at radius 2 is 1.95 bits per heavy atom. The zero-order valence-corrected chi connectivity index (χ0v) is 11.9. The average Bonchev–Trinajstić information content (AvgIpc) is 2.47. The van der Waals surface area contributed by atoms with Crippen LogP contribution in [0.2, 0.25) is 0 Å². The van der Waals surface area contributed by atoms with E-state index in [0.717, 1.165) is 5.56 Å². The maximum Gasteiger partial charge on any atom is 0.178 e. The van der Waals surface area contributed by atoms with Crippen molar-refractivity contribution in [2.75, 3.05) is 14.2 Å². The first-order valence-corrected chi connectivity index (χ1v) is 6.72. The molecule has 1 N–H and O–H groups in total. The van der Waals surface area contributed by atoms with Crippen molar-refractivity contribution >= 4 is 5.78 Å². The van der Waals surface area contributed by atoms with Crippen LogP contribution in [0.3, 0.4) is 0 Å². The minimum atomic E-state index is -0.214. The highest BCUT2D eigenvalue weighted by molar-refractivity contribution is 6.07. The van der Waals surface area contributed by atoms with Gasteiger partial charge in [-0.2, -0.15) is 0 Å². The summed E-state index contributed by atoms with van der Waals surface area (Å²) in [7, 11) is 2.97. The molecule has 108 valence electrons. The fraction of sp³-hybridized carbons (Fsp3) is 0.235. The second-order valence-corrected chi connectivity index (χ2v) is 5.04. The van der Waals surface area contributed by atoms with Gasteiger partial charge >= 0.3 is 0 Å². The molecule has 2 aromatic rings. The van der Waals surface area contributed by atoms with Crippen LogP contribution in [0.4, 0.5) is 0 Å². The molecular weight excluding hydrogens is 268 g/mol. The summed E-state index contributed by atoms with van der Waals surface area (Å²) in [5.41, 5.74) is 2.43. The number of rotatable bonds is 4. The van der Waals surface area contributed by atoms with E-state index in [1.165, 1.54) is 25.8 Å². The summed E-state index contributed by atoms with van der Waals surface area (Å²) in [5.74, 6) is 0.344. The number of phenolic OH excluding ortho intramolecular Hbond substituents is 1. The van der Waals surface area contributed by atoms with Crippen molar-refractivity contribution in [3.8, 4) is 17.2 Å². The lowest BCUT2D eigenvalue weighted by atomic mass is 9.73. The van der Waals surface area contributed by atoms with Gasteiger partial charge in [-0.1, -0.05) is 24.3 Å². The van der Waals surface area contributed by atoms with Crippen molar-refractivity contribution in [2.45, 2.75) is 12.3 Å². The van der Waals surface area contributed by atoms with Crippen LogP contribution >= 0.6 is 0 Å². The SMILES string of the molecule is COc1cc(O)c(C(=O)[C@@H]2Cc3ccccc32)c(OC)c1. The summed E-state index contributed by atoms with van der Waals surface area (Å²) < 4.78 is 10.3. The van der Waals surface area contributed by atoms with Gasteiger partial charge in [0.25, 0.3) is 0 Å². The minimum absolute atomic E-state index is 0.111. The summed E-state index contributed by atoms with van der Waals surface area (Å²) in [6, 6.07) is 10.9. The summed E-state index contributed by atoms with van der Waals surface area (Å²) in [5, 5.41) is 10.1. The number of carbonyl (C=O) groups is 1. The standard InChI is InChI=1S/C17H16O4/c1-20-11-8-14(18)16(15(9-11)21-2)17(19)13-7-10-5-3-4-6-12(10)13/h3-6,8-9,13,18H,7H2,1-2H3/t13-/m1/s1. The lowest BCUT2D eigenvalue weighted by molar-refractivity contribution is 0.0943. The number of fused-ring (bicyclic) bond motifs is 1. The second-order valence-electron chi connectivity index (χ2n) is 5.04. The number of carbonyl (C=O) groups excluding carboxylic acids is 1. The van der Waals surface area contributed by atoms with Crippen LogP contribution in [0.15, 0.2) is 36.4 Å². The first-order chi connectivity index (χ1) is 10.2. The predicted molar refractivity (Wildman–Crippen MR) is 78.4 cm³/mol. The Morgan fingerprint density at radius 3 is 2.62 bits per heavy atom. The second kappa shape index (κ2) is 5.13. The Hall–Kier alpha value is -2.49. The molecule has 0 spiro atoms. The molecule has 4 heteroatoms. The minimum Gasteiger partial charge on any atom is -0.507 e. The number of phenols is 1. The zero-order chi connectivity index (χ0) is 15.0. The highest BCUT2D eigenvalue weighted by Crippen LogP contribution is 2.42. The van der Waals surface area contributed by atoms with Crippen LogP contribution in [0, 0.1) is 0 Å². The molecule has 0 heterocycles. The topological polar surface area (TPSA) is 55.8 Å². The van der Waals surface area contributed by atoms with Gasteiger partial charge in [-0.3, -0.25) is 4.79 Å². The van der Waals surface area contributed by atoms with E-state index in [1.807, 2.05) is 24.3 Å². The van der Waals surface area contributed by atoms with Gasteiger partial charge in [0, 0.05) is 12.1 Å². The Kier molecular flexibility index (Phi) is 3.29. The molecule has 1 aliphatic rings. The maximum atomic E-state index is 12.7. The number of benzene rings is 2. The van der Waals surface area contributed by atoms with Gasteiger partial charge in [0.1, 0.15) is 22.8 Å². The van der Waals surface area contributed by atoms with Gasteiger partial charge in [-0.25, -0.2) is 0 Å². The van der Waals surface area contributed by atoms with E-state index in [-0.39, 0.29) is 23.0 Å². The third-order valence-corrected chi connectivity index (χ3v) is 3.93. The third kappa shape index (κ3) is 2.13. The quantitative estimate of drug-likeness (QED) is 0.877. The van der Waals surface area contributed by atoms with Crippen LogP contribution in [0.25, 0.3) is 0 Å². The Morgan fingerprint density at radius 1 is 1.19 bits per heavy atom. The summed E-state index contributed by atoms with van der Waals surface area (Å²) in [6.07, 6.45) is 0.698. The van der Waals surface area contributed by atoms with Crippen molar-refractivity contribution in [1.29, 1.82) is 0 Å². The van der Waals surface area contributed by atoms with Crippen molar-refractivity contribution in [3.05, 3.63) is 53.1 Å². The number of Topliss-reactive ketones (excluding diaryl/α,β-unsaturated/α-hetero) is 1. The molecule has 0 fully saturated rings. The molecule has 1 aliphatic carbocycles. The van der Waals surface area contributed by atoms with Crippen LogP contribution in [0.5, 0.6) is 17.2 Å². The van der Waals surface area contributed by atoms with E-state index >= 15 is 0 Å². The van der Waals surface area contributed by atoms with Crippen LogP contribution < -0.4 is 9.47 Å². The summed E-state index contributed by atoms with van der Waals surface area (Å²) in [6.45, 7) is 0. The molecule has 0 aliphatic heterocycles. The predicted octanol–water partition coefficient (Wildman–Crippen LogP) is 2.93. The van der Waals surface area contributed by atoms with E-state index in [1.54, 1.807) is 6.07 Å². The molecule has 3 rings (SSSR count). The van der Waals surface area contributed by atoms with Gasteiger partial charge in [0.15, 0.2) is 5.78 Å². The Labute approximate surface area is 122 Å². The third-order valence-electron chi connectivity index (χ3n) is 3.93. The lowest BCUT2D eigenvalue weighted by Crippen LogP contribution is -2.25. The fourth-order valence-corrected chi connectivity index (χ4v) is 2.77. The number of hydrogen-bond acceptors (Lipinski definition) is 4. The molecule has 21 heavy (non-hydrogen) atoms. The fourth-order valence-electron chi connectivity index (χ4n) is 2.77. The van der Waals surface area contributed by atoms with Gasteiger partial charge in [0.05, 0.1) is 20.1 Å². The molecule has 2 aromatic carbocycles. The van der Waals surface area contributed by atoms with Crippen LogP contribution in [-0.2, 0) is 6.42 Å². The molecule has 1 atom stereocenters. The van der Waals surface area contributed by atoms with E-state index in [9.17, 15) is 9.90 Å². The van der Waals surface area contributed by atoms with Crippen molar-refractivity contribution in [1.82, 2.24) is 0 Å². The number of ketones is 1. The van der Waals surface area contributed by atoms with Crippen LogP contribution in [0.1, 0.15) is 27.4 Å². The number of hydrogen-bond donors (Lipinski definition) is 1. The van der Waals surface area contributed by atoms with Gasteiger partial charge in [0.2, 0.25) is 0 Å². The monoisotopic (exact) mass is 284 g/mol. The largest absolute Gasteiger partial charge is 0.507 e. The smallest absolute Gasteiger partial charge is 0.178 e. The molecule has 0 unspecified atom stereocenters. The normalized spacial score (nSPS) is 15.8. The molecule has 0 amide bonds. The van der Waals surface area contributed by atoms with Crippen molar-refractivity contribution < 1.29 is 19.4 Å². The number of methoxy groups -OCH3 is 2. The highest BCUT2D eigenvalue weighted by Gasteiger charge is 2.35. The molecule has 0 saturated heterocycles. The van der Waals surface area contributed by atoms with Gasteiger partial charge < -0.3 is 14.6 Å².